The fourth-order valence-corrected chi connectivity index (χ4v) is 3.81. The molecule has 1 aliphatic carbocycles. The van der Waals surface area contributed by atoms with Gasteiger partial charge in [-0.3, -0.25) is 4.90 Å². The highest BCUT2D eigenvalue weighted by Crippen LogP contribution is 2.32. The smallest absolute Gasteiger partial charge is 0.0594 e. The molecule has 0 amide bonds. The molecule has 2 saturated heterocycles. The zero-order chi connectivity index (χ0) is 11.5. The van der Waals surface area contributed by atoms with Crippen LogP contribution in [0.4, 0.5) is 0 Å². The number of nitrogens with zero attached hydrogens (tertiary/aromatic N) is 1. The molecule has 2 heterocycles. The molecule has 17 heavy (non-hydrogen) atoms. The van der Waals surface area contributed by atoms with E-state index in [1.807, 2.05) is 0 Å². The standard InChI is InChI=1S/C14H26N2O/c1-2-4-14-12(3-1)5-6-13(15-14)11-16-7-9-17-10-8-16/h12-15H,1-11H2. The number of hydrogen-bond donors (Lipinski definition) is 1. The summed E-state index contributed by atoms with van der Waals surface area (Å²) in [6.45, 7) is 5.36. The van der Waals surface area contributed by atoms with Crippen molar-refractivity contribution in [3.63, 3.8) is 0 Å². The van der Waals surface area contributed by atoms with Gasteiger partial charge in [0.25, 0.3) is 0 Å². The van der Waals surface area contributed by atoms with Crippen molar-refractivity contribution >= 4 is 0 Å². The fraction of sp³-hybridized carbons (Fsp3) is 1.00. The Hall–Kier alpha value is -0.120. The maximum atomic E-state index is 5.41. The van der Waals surface area contributed by atoms with Gasteiger partial charge in [-0.15, -0.1) is 0 Å². The van der Waals surface area contributed by atoms with Crippen molar-refractivity contribution in [3.8, 4) is 0 Å². The van der Waals surface area contributed by atoms with Crippen LogP contribution in [0.5, 0.6) is 0 Å². The first kappa shape index (κ1) is 11.9. The van der Waals surface area contributed by atoms with Gasteiger partial charge < -0.3 is 10.1 Å². The van der Waals surface area contributed by atoms with Gasteiger partial charge in [-0.05, 0) is 31.6 Å². The van der Waals surface area contributed by atoms with Crippen molar-refractivity contribution in [1.82, 2.24) is 10.2 Å². The highest BCUT2D eigenvalue weighted by molar-refractivity contribution is 4.90. The molecular weight excluding hydrogens is 212 g/mol. The van der Waals surface area contributed by atoms with E-state index < -0.39 is 0 Å². The van der Waals surface area contributed by atoms with Crippen LogP contribution in [-0.4, -0.2) is 49.8 Å². The van der Waals surface area contributed by atoms with Crippen LogP contribution < -0.4 is 5.32 Å². The van der Waals surface area contributed by atoms with Crippen LogP contribution in [0.25, 0.3) is 0 Å². The lowest BCUT2D eigenvalue weighted by Gasteiger charge is -2.42. The zero-order valence-electron chi connectivity index (χ0n) is 10.9. The Bertz CT molecular complexity index is 238. The Labute approximate surface area is 105 Å². The molecule has 0 radical (unpaired) electrons. The van der Waals surface area contributed by atoms with Gasteiger partial charge in [-0.2, -0.15) is 0 Å². The summed E-state index contributed by atoms with van der Waals surface area (Å²) in [4.78, 5) is 2.57. The SMILES string of the molecule is C1CCC2NC(CN3CCOCC3)CCC2C1. The highest BCUT2D eigenvalue weighted by atomic mass is 16.5. The van der Waals surface area contributed by atoms with Crippen molar-refractivity contribution in [3.05, 3.63) is 0 Å². The number of ether oxygens (including phenoxy) is 1. The van der Waals surface area contributed by atoms with Gasteiger partial charge in [0, 0.05) is 31.7 Å². The van der Waals surface area contributed by atoms with Crippen LogP contribution >= 0.6 is 0 Å². The van der Waals surface area contributed by atoms with E-state index in [0.717, 1.165) is 44.3 Å². The molecule has 3 atom stereocenters. The summed E-state index contributed by atoms with van der Waals surface area (Å²) in [5.41, 5.74) is 0. The zero-order valence-corrected chi connectivity index (χ0v) is 10.9. The molecule has 98 valence electrons. The lowest BCUT2D eigenvalue weighted by Crippen LogP contribution is -2.54. The Morgan fingerprint density at radius 1 is 1.00 bits per heavy atom. The molecule has 0 spiro atoms. The summed E-state index contributed by atoms with van der Waals surface area (Å²) in [5, 5.41) is 3.92. The molecule has 0 bridgehead atoms. The van der Waals surface area contributed by atoms with E-state index in [1.54, 1.807) is 0 Å². The quantitative estimate of drug-likeness (QED) is 0.791. The van der Waals surface area contributed by atoms with Gasteiger partial charge in [0.05, 0.1) is 13.2 Å². The summed E-state index contributed by atoms with van der Waals surface area (Å²) in [6.07, 6.45) is 8.66. The highest BCUT2D eigenvalue weighted by Gasteiger charge is 2.32. The first-order valence-corrected chi connectivity index (χ1v) is 7.48. The number of fused-ring (bicyclic) bond motifs is 1. The summed E-state index contributed by atoms with van der Waals surface area (Å²) in [7, 11) is 0. The third kappa shape index (κ3) is 3.01. The summed E-state index contributed by atoms with van der Waals surface area (Å²) >= 11 is 0. The van der Waals surface area contributed by atoms with E-state index in [9.17, 15) is 0 Å². The molecule has 3 unspecified atom stereocenters. The van der Waals surface area contributed by atoms with Crippen LogP contribution in [0.1, 0.15) is 38.5 Å². The number of nitrogens with one attached hydrogen (secondary N) is 1. The molecule has 3 nitrogen and oxygen atoms in total. The number of piperidine rings is 1. The normalized spacial score (nSPS) is 39.9. The maximum Gasteiger partial charge on any atom is 0.0594 e. The van der Waals surface area contributed by atoms with E-state index in [0.29, 0.717) is 0 Å². The van der Waals surface area contributed by atoms with Gasteiger partial charge in [0.2, 0.25) is 0 Å². The van der Waals surface area contributed by atoms with Gasteiger partial charge in [-0.25, -0.2) is 0 Å². The molecule has 3 aliphatic rings. The Morgan fingerprint density at radius 2 is 1.82 bits per heavy atom. The van der Waals surface area contributed by atoms with Crippen molar-refractivity contribution in [2.75, 3.05) is 32.8 Å². The molecule has 1 N–H and O–H groups in total. The Kier molecular flexibility index (Phi) is 3.99. The fourth-order valence-electron chi connectivity index (χ4n) is 3.81. The second-order valence-corrected chi connectivity index (χ2v) is 6.00. The first-order valence-electron chi connectivity index (χ1n) is 7.48. The van der Waals surface area contributed by atoms with E-state index >= 15 is 0 Å². The Balaban J connectivity index is 1.48. The summed E-state index contributed by atoms with van der Waals surface area (Å²) < 4.78 is 5.41. The molecule has 3 fully saturated rings. The maximum absolute atomic E-state index is 5.41. The minimum atomic E-state index is 0.743. The second-order valence-electron chi connectivity index (χ2n) is 6.00. The predicted octanol–water partition coefficient (Wildman–Crippen LogP) is 1.63. The average molecular weight is 238 g/mol. The molecule has 2 aliphatic heterocycles. The number of morpholine rings is 1. The van der Waals surface area contributed by atoms with Crippen molar-refractivity contribution in [1.29, 1.82) is 0 Å². The minimum absolute atomic E-state index is 0.743. The van der Waals surface area contributed by atoms with E-state index in [4.69, 9.17) is 4.74 Å². The molecule has 3 rings (SSSR count). The lowest BCUT2D eigenvalue weighted by molar-refractivity contribution is 0.0278. The van der Waals surface area contributed by atoms with Crippen molar-refractivity contribution < 1.29 is 4.74 Å². The monoisotopic (exact) mass is 238 g/mol. The third-order valence-electron chi connectivity index (χ3n) is 4.83. The number of hydrogen-bond acceptors (Lipinski definition) is 3. The Morgan fingerprint density at radius 3 is 2.71 bits per heavy atom. The first-order chi connectivity index (χ1) is 8.42. The van der Waals surface area contributed by atoms with Gasteiger partial charge in [0.1, 0.15) is 0 Å². The molecule has 1 saturated carbocycles. The van der Waals surface area contributed by atoms with Crippen LogP contribution in [0.2, 0.25) is 0 Å². The number of rotatable bonds is 2. The van der Waals surface area contributed by atoms with Crippen LogP contribution in [0.3, 0.4) is 0 Å². The predicted molar refractivity (Wildman–Crippen MR) is 69.2 cm³/mol. The molecular formula is C14H26N2O. The molecule has 3 heteroatoms. The summed E-state index contributed by atoms with van der Waals surface area (Å²) in [5.74, 6) is 0.990. The third-order valence-corrected chi connectivity index (χ3v) is 4.83. The molecule has 0 aromatic carbocycles. The van der Waals surface area contributed by atoms with E-state index in [-0.39, 0.29) is 0 Å². The second kappa shape index (κ2) is 5.68. The van der Waals surface area contributed by atoms with Gasteiger partial charge in [0.15, 0.2) is 0 Å². The average Bonchev–Trinajstić information content (AvgIpc) is 2.40. The van der Waals surface area contributed by atoms with Gasteiger partial charge in [-0.1, -0.05) is 12.8 Å². The summed E-state index contributed by atoms with van der Waals surface area (Å²) in [6, 6.07) is 1.58. The van der Waals surface area contributed by atoms with Crippen LogP contribution in [0.15, 0.2) is 0 Å². The van der Waals surface area contributed by atoms with E-state index in [2.05, 4.69) is 10.2 Å². The van der Waals surface area contributed by atoms with Gasteiger partial charge >= 0.3 is 0 Å². The van der Waals surface area contributed by atoms with Crippen LogP contribution in [0, 0.1) is 5.92 Å². The topological polar surface area (TPSA) is 24.5 Å². The van der Waals surface area contributed by atoms with Crippen molar-refractivity contribution in [2.24, 2.45) is 5.92 Å². The molecule has 0 aromatic rings. The van der Waals surface area contributed by atoms with E-state index in [1.165, 1.54) is 45.1 Å². The lowest BCUT2D eigenvalue weighted by atomic mass is 9.78. The van der Waals surface area contributed by atoms with Crippen LogP contribution in [-0.2, 0) is 4.74 Å². The molecule has 0 aromatic heterocycles. The minimum Gasteiger partial charge on any atom is -0.379 e. The largest absolute Gasteiger partial charge is 0.379 e. The van der Waals surface area contributed by atoms with Crippen molar-refractivity contribution in [2.45, 2.75) is 50.6 Å².